The first-order chi connectivity index (χ1) is 11.8. The molecule has 1 aliphatic rings. The lowest BCUT2D eigenvalue weighted by molar-refractivity contribution is 0.0936. The van der Waals surface area contributed by atoms with Crippen molar-refractivity contribution in [3.05, 3.63) is 47.3 Å². The first-order valence-corrected chi connectivity index (χ1v) is 9.84. The van der Waals surface area contributed by atoms with Crippen LogP contribution < -0.4 is 10.6 Å². The molecule has 1 aromatic carbocycles. The molecule has 1 aromatic heterocycles. The van der Waals surface area contributed by atoms with Crippen LogP contribution in [0.4, 0.5) is 11.6 Å². The molecule has 3 rings (SSSR count). The van der Waals surface area contributed by atoms with Gasteiger partial charge in [-0.2, -0.15) is 0 Å². The first kappa shape index (κ1) is 17.3. The van der Waals surface area contributed by atoms with Gasteiger partial charge in [0, 0.05) is 17.9 Å². The number of sulfone groups is 1. The third-order valence-corrected chi connectivity index (χ3v) is 6.07. The fourth-order valence-electron chi connectivity index (χ4n) is 2.72. The highest BCUT2D eigenvalue weighted by Crippen LogP contribution is 2.21. The van der Waals surface area contributed by atoms with Gasteiger partial charge in [0.05, 0.1) is 11.5 Å². The Balaban J connectivity index is 1.73. The van der Waals surface area contributed by atoms with E-state index in [1.807, 2.05) is 32.0 Å². The molecule has 0 spiro atoms. The number of nitrogens with one attached hydrogen (secondary N) is 2. The highest BCUT2D eigenvalue weighted by molar-refractivity contribution is 7.91. The van der Waals surface area contributed by atoms with E-state index in [4.69, 9.17) is 0 Å². The molecule has 25 heavy (non-hydrogen) atoms. The molecule has 1 atom stereocenters. The van der Waals surface area contributed by atoms with Crippen LogP contribution in [0, 0.1) is 13.8 Å². The Morgan fingerprint density at radius 2 is 2.04 bits per heavy atom. The zero-order valence-electron chi connectivity index (χ0n) is 14.1. The standard InChI is InChI=1S/C17H20N4O3S/c1-11-4-3-5-14(12(11)2)20-17-18-8-6-15(21-17)16(22)19-13-7-9-25(23,24)10-13/h3-6,8,13H,7,9-10H2,1-2H3,(H,19,22)(H,18,20,21). The molecule has 1 amide bonds. The van der Waals surface area contributed by atoms with E-state index >= 15 is 0 Å². The van der Waals surface area contributed by atoms with Crippen LogP contribution in [0.5, 0.6) is 0 Å². The molecule has 7 nitrogen and oxygen atoms in total. The van der Waals surface area contributed by atoms with Gasteiger partial charge >= 0.3 is 0 Å². The summed E-state index contributed by atoms with van der Waals surface area (Å²) in [5.74, 6) is 0.0207. The largest absolute Gasteiger partial charge is 0.347 e. The Kier molecular flexibility index (Phi) is 4.71. The number of carbonyl (C=O) groups excluding carboxylic acids is 1. The Labute approximate surface area is 146 Å². The van der Waals surface area contributed by atoms with Crippen LogP contribution in [0.3, 0.4) is 0 Å². The fraction of sp³-hybridized carbons (Fsp3) is 0.353. The van der Waals surface area contributed by atoms with E-state index in [0.29, 0.717) is 12.4 Å². The van der Waals surface area contributed by atoms with Crippen molar-refractivity contribution in [2.45, 2.75) is 26.3 Å². The summed E-state index contributed by atoms with van der Waals surface area (Å²) >= 11 is 0. The number of hydrogen-bond acceptors (Lipinski definition) is 6. The summed E-state index contributed by atoms with van der Waals surface area (Å²) in [6.07, 6.45) is 1.94. The molecule has 2 heterocycles. The summed E-state index contributed by atoms with van der Waals surface area (Å²) in [5.41, 5.74) is 3.30. The molecule has 0 bridgehead atoms. The molecule has 0 aliphatic carbocycles. The highest BCUT2D eigenvalue weighted by atomic mass is 32.2. The van der Waals surface area contributed by atoms with Crippen LogP contribution in [0.15, 0.2) is 30.5 Å². The lowest BCUT2D eigenvalue weighted by Crippen LogP contribution is -2.36. The van der Waals surface area contributed by atoms with E-state index in [2.05, 4.69) is 20.6 Å². The van der Waals surface area contributed by atoms with Gasteiger partial charge in [0.25, 0.3) is 5.91 Å². The van der Waals surface area contributed by atoms with Crippen LogP contribution in [0.1, 0.15) is 28.0 Å². The second kappa shape index (κ2) is 6.79. The van der Waals surface area contributed by atoms with Gasteiger partial charge in [-0.1, -0.05) is 12.1 Å². The molecular formula is C17H20N4O3S. The number of aromatic nitrogens is 2. The third kappa shape index (κ3) is 4.14. The Morgan fingerprint density at radius 3 is 2.76 bits per heavy atom. The Hall–Kier alpha value is -2.48. The van der Waals surface area contributed by atoms with E-state index in [-0.39, 0.29) is 23.2 Å². The second-order valence-corrected chi connectivity index (χ2v) is 8.44. The van der Waals surface area contributed by atoms with Gasteiger partial charge in [-0.15, -0.1) is 0 Å². The molecule has 2 aromatic rings. The summed E-state index contributed by atoms with van der Waals surface area (Å²) in [4.78, 5) is 20.7. The minimum Gasteiger partial charge on any atom is -0.347 e. The van der Waals surface area contributed by atoms with E-state index < -0.39 is 15.7 Å². The van der Waals surface area contributed by atoms with Crippen molar-refractivity contribution in [2.24, 2.45) is 0 Å². The Morgan fingerprint density at radius 1 is 1.24 bits per heavy atom. The zero-order valence-corrected chi connectivity index (χ0v) is 14.9. The number of carbonyl (C=O) groups is 1. The summed E-state index contributed by atoms with van der Waals surface area (Å²) in [5, 5.41) is 5.84. The van der Waals surface area contributed by atoms with E-state index in [1.54, 1.807) is 0 Å². The number of aryl methyl sites for hydroxylation is 1. The van der Waals surface area contributed by atoms with Gasteiger partial charge in [-0.05, 0) is 43.5 Å². The van der Waals surface area contributed by atoms with E-state index in [1.165, 1.54) is 12.3 Å². The smallest absolute Gasteiger partial charge is 0.270 e. The van der Waals surface area contributed by atoms with Crippen LogP contribution >= 0.6 is 0 Å². The fourth-order valence-corrected chi connectivity index (χ4v) is 4.39. The topological polar surface area (TPSA) is 101 Å². The van der Waals surface area contributed by atoms with Crippen LogP contribution in [-0.4, -0.2) is 41.8 Å². The molecule has 1 saturated heterocycles. The zero-order chi connectivity index (χ0) is 18.0. The Bertz CT molecular complexity index is 912. The van der Waals surface area contributed by atoms with Crippen LogP contribution in [0.2, 0.25) is 0 Å². The van der Waals surface area contributed by atoms with Gasteiger partial charge < -0.3 is 10.6 Å². The lowest BCUT2D eigenvalue weighted by Gasteiger charge is -2.12. The minimum absolute atomic E-state index is 0.0165. The molecule has 0 radical (unpaired) electrons. The molecule has 1 aliphatic heterocycles. The van der Waals surface area contributed by atoms with Crippen molar-refractivity contribution in [2.75, 3.05) is 16.8 Å². The summed E-state index contributed by atoms with van der Waals surface area (Å²) in [6.45, 7) is 4.01. The predicted octanol–water partition coefficient (Wildman–Crippen LogP) is 1.75. The van der Waals surface area contributed by atoms with Gasteiger partial charge in [-0.25, -0.2) is 18.4 Å². The SMILES string of the molecule is Cc1cccc(Nc2nccc(C(=O)NC3CCS(=O)(=O)C3)n2)c1C. The normalized spacial score (nSPS) is 18.7. The van der Waals surface area contributed by atoms with Crippen LogP contribution in [0.25, 0.3) is 0 Å². The molecular weight excluding hydrogens is 340 g/mol. The molecule has 2 N–H and O–H groups in total. The number of amides is 1. The van der Waals surface area contributed by atoms with Crippen LogP contribution in [-0.2, 0) is 9.84 Å². The van der Waals surface area contributed by atoms with Crippen molar-refractivity contribution in [1.82, 2.24) is 15.3 Å². The van der Waals surface area contributed by atoms with Gasteiger partial charge in [0.2, 0.25) is 5.95 Å². The maximum atomic E-state index is 12.3. The summed E-state index contributed by atoms with van der Waals surface area (Å²) in [6, 6.07) is 7.01. The van der Waals surface area contributed by atoms with Crippen molar-refractivity contribution >= 4 is 27.4 Å². The quantitative estimate of drug-likeness (QED) is 0.861. The van der Waals surface area contributed by atoms with E-state index in [0.717, 1.165) is 16.8 Å². The number of rotatable bonds is 4. The molecule has 132 valence electrons. The maximum absolute atomic E-state index is 12.3. The van der Waals surface area contributed by atoms with Gasteiger partial charge in [0.15, 0.2) is 9.84 Å². The maximum Gasteiger partial charge on any atom is 0.270 e. The average Bonchev–Trinajstić information content (AvgIpc) is 2.91. The minimum atomic E-state index is -3.04. The third-order valence-electron chi connectivity index (χ3n) is 4.31. The second-order valence-electron chi connectivity index (χ2n) is 6.21. The monoisotopic (exact) mass is 360 g/mol. The van der Waals surface area contributed by atoms with Crippen molar-refractivity contribution in [3.63, 3.8) is 0 Å². The number of nitrogens with zero attached hydrogens (tertiary/aromatic N) is 2. The predicted molar refractivity (Wildman–Crippen MR) is 95.8 cm³/mol. The highest BCUT2D eigenvalue weighted by Gasteiger charge is 2.29. The van der Waals surface area contributed by atoms with Crippen molar-refractivity contribution in [1.29, 1.82) is 0 Å². The van der Waals surface area contributed by atoms with Gasteiger partial charge in [-0.3, -0.25) is 4.79 Å². The average molecular weight is 360 g/mol. The van der Waals surface area contributed by atoms with Crippen molar-refractivity contribution < 1.29 is 13.2 Å². The van der Waals surface area contributed by atoms with Gasteiger partial charge in [0.1, 0.15) is 5.69 Å². The van der Waals surface area contributed by atoms with Crippen molar-refractivity contribution in [3.8, 4) is 0 Å². The number of anilines is 2. The number of hydrogen-bond donors (Lipinski definition) is 2. The summed E-state index contributed by atoms with van der Waals surface area (Å²) in [7, 11) is -3.04. The molecule has 1 unspecified atom stereocenters. The molecule has 8 heteroatoms. The number of benzene rings is 1. The summed E-state index contributed by atoms with van der Waals surface area (Å²) < 4.78 is 23.0. The first-order valence-electron chi connectivity index (χ1n) is 8.02. The molecule has 1 fully saturated rings. The molecule has 0 saturated carbocycles. The lowest BCUT2D eigenvalue weighted by atomic mass is 10.1. The van der Waals surface area contributed by atoms with E-state index in [9.17, 15) is 13.2 Å².